The van der Waals surface area contributed by atoms with E-state index in [1.165, 1.54) is 11.3 Å². The maximum Gasteiger partial charge on any atom is 0.228 e. The van der Waals surface area contributed by atoms with Crippen molar-refractivity contribution in [1.29, 1.82) is 0 Å². The SMILES string of the molecule is COCCCC(=O)N(CC1CCCO1)c1nc(-c2ccc(Br)cc2)cs1. The number of nitrogens with zero attached hydrogens (tertiary/aromatic N) is 2. The van der Waals surface area contributed by atoms with Crippen LogP contribution in [0.15, 0.2) is 34.1 Å². The third kappa shape index (κ3) is 5.13. The maximum atomic E-state index is 12.8. The number of rotatable bonds is 8. The van der Waals surface area contributed by atoms with E-state index in [-0.39, 0.29) is 12.0 Å². The molecule has 140 valence electrons. The summed E-state index contributed by atoms with van der Waals surface area (Å²) in [6.45, 7) is 1.93. The highest BCUT2D eigenvalue weighted by Crippen LogP contribution is 2.30. The summed E-state index contributed by atoms with van der Waals surface area (Å²) < 4.78 is 11.8. The fourth-order valence-corrected chi connectivity index (χ4v) is 4.05. The molecular weight excluding hydrogens is 416 g/mol. The number of thiazole rings is 1. The van der Waals surface area contributed by atoms with Gasteiger partial charge >= 0.3 is 0 Å². The van der Waals surface area contributed by atoms with Crippen molar-refractivity contribution < 1.29 is 14.3 Å². The molecule has 3 rings (SSSR count). The van der Waals surface area contributed by atoms with Crippen molar-refractivity contribution in [3.05, 3.63) is 34.1 Å². The van der Waals surface area contributed by atoms with E-state index in [1.54, 1.807) is 12.0 Å². The molecular formula is C19H23BrN2O3S. The van der Waals surface area contributed by atoms with Gasteiger partial charge in [-0.2, -0.15) is 0 Å². The topological polar surface area (TPSA) is 51.7 Å². The lowest BCUT2D eigenvalue weighted by molar-refractivity contribution is -0.119. The van der Waals surface area contributed by atoms with Gasteiger partial charge in [-0.05, 0) is 31.4 Å². The van der Waals surface area contributed by atoms with Gasteiger partial charge in [-0.15, -0.1) is 11.3 Å². The fourth-order valence-electron chi connectivity index (χ4n) is 2.92. The Bertz CT molecular complexity index is 714. The number of benzene rings is 1. The number of hydrogen-bond acceptors (Lipinski definition) is 5. The highest BCUT2D eigenvalue weighted by Gasteiger charge is 2.25. The number of ether oxygens (including phenoxy) is 2. The summed E-state index contributed by atoms with van der Waals surface area (Å²) in [4.78, 5) is 19.3. The van der Waals surface area contributed by atoms with Crippen LogP contribution in [0.25, 0.3) is 11.3 Å². The first-order valence-corrected chi connectivity index (χ1v) is 10.5. The monoisotopic (exact) mass is 438 g/mol. The second kappa shape index (κ2) is 9.60. The zero-order chi connectivity index (χ0) is 18.4. The van der Waals surface area contributed by atoms with Gasteiger partial charge in [-0.3, -0.25) is 9.69 Å². The molecule has 0 spiro atoms. The average molecular weight is 439 g/mol. The smallest absolute Gasteiger partial charge is 0.228 e. The van der Waals surface area contributed by atoms with Crippen LogP contribution in [0.4, 0.5) is 5.13 Å². The van der Waals surface area contributed by atoms with Crippen LogP contribution in [0.1, 0.15) is 25.7 Å². The highest BCUT2D eigenvalue weighted by molar-refractivity contribution is 9.10. The summed E-state index contributed by atoms with van der Waals surface area (Å²) in [5, 5.41) is 2.74. The van der Waals surface area contributed by atoms with Crippen molar-refractivity contribution in [2.45, 2.75) is 31.8 Å². The Morgan fingerprint density at radius 1 is 1.42 bits per heavy atom. The standard InChI is InChI=1S/C19H23BrN2O3S/c1-24-10-3-5-18(23)22(12-16-4-2-11-25-16)19-21-17(13-26-19)14-6-8-15(20)9-7-14/h6-9,13,16H,2-5,10-12H2,1H3. The molecule has 26 heavy (non-hydrogen) atoms. The molecule has 0 aliphatic carbocycles. The Balaban J connectivity index is 1.76. The number of amides is 1. The summed E-state index contributed by atoms with van der Waals surface area (Å²) in [5.41, 5.74) is 1.93. The van der Waals surface area contributed by atoms with Crippen LogP contribution in [-0.2, 0) is 14.3 Å². The van der Waals surface area contributed by atoms with Crippen molar-refractivity contribution in [3.63, 3.8) is 0 Å². The number of hydrogen-bond donors (Lipinski definition) is 0. The van der Waals surface area contributed by atoms with E-state index >= 15 is 0 Å². The molecule has 2 aromatic rings. The number of carbonyl (C=O) groups is 1. The second-order valence-corrected chi connectivity index (χ2v) is 8.01. The zero-order valence-electron chi connectivity index (χ0n) is 14.8. The Labute approximate surface area is 166 Å². The molecule has 1 aromatic carbocycles. The first kappa shape index (κ1) is 19.5. The molecule has 1 aliphatic rings. The van der Waals surface area contributed by atoms with E-state index in [9.17, 15) is 4.79 Å². The minimum Gasteiger partial charge on any atom is -0.385 e. The molecule has 0 N–H and O–H groups in total. The molecule has 1 amide bonds. The van der Waals surface area contributed by atoms with Gasteiger partial charge in [0.2, 0.25) is 5.91 Å². The molecule has 0 saturated carbocycles. The second-order valence-electron chi connectivity index (χ2n) is 6.26. The van der Waals surface area contributed by atoms with Crippen LogP contribution in [0.2, 0.25) is 0 Å². The number of aromatic nitrogens is 1. The van der Waals surface area contributed by atoms with Crippen molar-refractivity contribution in [2.75, 3.05) is 31.8 Å². The van der Waals surface area contributed by atoms with E-state index in [0.29, 0.717) is 26.0 Å². The highest BCUT2D eigenvalue weighted by atomic mass is 79.9. The van der Waals surface area contributed by atoms with Crippen molar-refractivity contribution in [1.82, 2.24) is 4.98 Å². The number of carbonyl (C=O) groups excluding carboxylic acids is 1. The van der Waals surface area contributed by atoms with E-state index in [0.717, 1.165) is 40.3 Å². The number of methoxy groups -OCH3 is 1. The van der Waals surface area contributed by atoms with Crippen LogP contribution in [0.5, 0.6) is 0 Å². The van der Waals surface area contributed by atoms with Gasteiger partial charge in [0.05, 0.1) is 18.3 Å². The van der Waals surface area contributed by atoms with E-state index < -0.39 is 0 Å². The van der Waals surface area contributed by atoms with Gasteiger partial charge in [0.1, 0.15) is 0 Å². The molecule has 7 heteroatoms. The van der Waals surface area contributed by atoms with Gasteiger partial charge in [0.25, 0.3) is 0 Å². The average Bonchev–Trinajstić information content (AvgIpc) is 3.32. The van der Waals surface area contributed by atoms with Crippen molar-refractivity contribution in [3.8, 4) is 11.3 Å². The van der Waals surface area contributed by atoms with Crippen LogP contribution < -0.4 is 4.90 Å². The van der Waals surface area contributed by atoms with Crippen LogP contribution in [0.3, 0.4) is 0 Å². The molecule has 5 nitrogen and oxygen atoms in total. The van der Waals surface area contributed by atoms with Gasteiger partial charge in [-0.25, -0.2) is 4.98 Å². The Kier molecular flexibility index (Phi) is 7.19. The molecule has 1 saturated heterocycles. The van der Waals surface area contributed by atoms with Crippen molar-refractivity contribution in [2.24, 2.45) is 0 Å². The van der Waals surface area contributed by atoms with E-state index in [1.807, 2.05) is 29.6 Å². The largest absolute Gasteiger partial charge is 0.385 e. The van der Waals surface area contributed by atoms with Gasteiger partial charge in [-0.1, -0.05) is 28.1 Å². The number of anilines is 1. The summed E-state index contributed by atoms with van der Waals surface area (Å²) in [7, 11) is 1.65. The molecule has 0 bridgehead atoms. The molecule has 0 radical (unpaired) electrons. The van der Waals surface area contributed by atoms with Gasteiger partial charge in [0.15, 0.2) is 5.13 Å². The first-order valence-electron chi connectivity index (χ1n) is 8.79. The normalized spacial score (nSPS) is 16.8. The van der Waals surface area contributed by atoms with Crippen LogP contribution in [-0.4, -0.2) is 43.9 Å². The van der Waals surface area contributed by atoms with Crippen LogP contribution in [0, 0.1) is 0 Å². The number of halogens is 1. The lowest BCUT2D eigenvalue weighted by atomic mass is 10.2. The molecule has 1 unspecified atom stereocenters. The quantitative estimate of drug-likeness (QED) is 0.568. The molecule has 2 heterocycles. The summed E-state index contributed by atoms with van der Waals surface area (Å²) in [6.07, 6.45) is 3.31. The lowest BCUT2D eigenvalue weighted by Gasteiger charge is -2.23. The predicted molar refractivity (Wildman–Crippen MR) is 108 cm³/mol. The Hall–Kier alpha value is -1.28. The molecule has 1 aliphatic heterocycles. The maximum absolute atomic E-state index is 12.8. The summed E-state index contributed by atoms with van der Waals surface area (Å²) in [5.74, 6) is 0.0780. The third-order valence-corrected chi connectivity index (χ3v) is 5.71. The minimum atomic E-state index is 0.0780. The fraction of sp³-hybridized carbons (Fsp3) is 0.474. The Morgan fingerprint density at radius 2 is 2.23 bits per heavy atom. The molecule has 1 aromatic heterocycles. The first-order chi connectivity index (χ1) is 12.7. The third-order valence-electron chi connectivity index (χ3n) is 4.31. The lowest BCUT2D eigenvalue weighted by Crippen LogP contribution is -2.37. The molecule has 1 atom stereocenters. The van der Waals surface area contributed by atoms with Crippen molar-refractivity contribution >= 4 is 38.3 Å². The zero-order valence-corrected chi connectivity index (χ0v) is 17.2. The van der Waals surface area contributed by atoms with Gasteiger partial charge in [0, 0.05) is 42.2 Å². The predicted octanol–water partition coefficient (Wildman–Crippen LogP) is 4.51. The summed E-state index contributed by atoms with van der Waals surface area (Å²) >= 11 is 4.95. The van der Waals surface area contributed by atoms with Crippen LogP contribution >= 0.6 is 27.3 Å². The summed E-state index contributed by atoms with van der Waals surface area (Å²) in [6, 6.07) is 8.03. The minimum absolute atomic E-state index is 0.0780. The Morgan fingerprint density at radius 3 is 2.92 bits per heavy atom. The molecule has 1 fully saturated rings. The van der Waals surface area contributed by atoms with E-state index in [2.05, 4.69) is 15.9 Å². The van der Waals surface area contributed by atoms with E-state index in [4.69, 9.17) is 14.5 Å². The van der Waals surface area contributed by atoms with Gasteiger partial charge < -0.3 is 9.47 Å².